The van der Waals surface area contributed by atoms with E-state index in [1.54, 1.807) is 0 Å². The van der Waals surface area contributed by atoms with Crippen molar-refractivity contribution in [3.05, 3.63) is 28.0 Å². The second kappa shape index (κ2) is 5.18. The molecule has 0 fully saturated rings. The number of aliphatic carboxylic acids is 1. The molecule has 0 radical (unpaired) electrons. The van der Waals surface area contributed by atoms with Crippen molar-refractivity contribution in [2.75, 3.05) is 0 Å². The highest BCUT2D eigenvalue weighted by Gasteiger charge is 2.18. The van der Waals surface area contributed by atoms with E-state index in [1.165, 1.54) is 6.07 Å². The molecule has 0 amide bonds. The zero-order valence-corrected chi connectivity index (χ0v) is 8.84. The molecule has 0 aromatic carbocycles. The number of aromatic nitrogens is 1. The minimum atomic E-state index is -2.81. The molecule has 16 heavy (non-hydrogen) atoms. The first-order valence-electron chi connectivity index (χ1n) is 4.34. The Morgan fingerprint density at radius 3 is 2.69 bits per heavy atom. The SMILES string of the molecule is NCc1nc(C(F)F)c(Cl)cc1CC(=O)O. The molecule has 0 unspecified atom stereocenters. The summed E-state index contributed by atoms with van der Waals surface area (Å²) in [7, 11) is 0. The second-order valence-electron chi connectivity index (χ2n) is 3.04. The van der Waals surface area contributed by atoms with Crippen molar-refractivity contribution in [3.63, 3.8) is 0 Å². The van der Waals surface area contributed by atoms with E-state index >= 15 is 0 Å². The van der Waals surface area contributed by atoms with Crippen molar-refractivity contribution in [2.24, 2.45) is 5.73 Å². The summed E-state index contributed by atoms with van der Waals surface area (Å²) in [5.41, 5.74) is 5.11. The van der Waals surface area contributed by atoms with Gasteiger partial charge in [0.2, 0.25) is 0 Å². The van der Waals surface area contributed by atoms with E-state index < -0.39 is 18.1 Å². The molecule has 0 saturated carbocycles. The second-order valence-corrected chi connectivity index (χ2v) is 3.44. The Bertz CT molecular complexity index is 413. The number of halogens is 3. The summed E-state index contributed by atoms with van der Waals surface area (Å²) in [5.74, 6) is -1.10. The molecule has 0 atom stereocenters. The van der Waals surface area contributed by atoms with Gasteiger partial charge in [-0.05, 0) is 11.6 Å². The number of alkyl halides is 2. The molecular weight excluding hydrogens is 242 g/mol. The van der Waals surface area contributed by atoms with Crippen molar-refractivity contribution in [2.45, 2.75) is 19.4 Å². The summed E-state index contributed by atoms with van der Waals surface area (Å²) in [5, 5.41) is 8.35. The predicted octanol–water partition coefficient (Wildman–Crippen LogP) is 1.76. The van der Waals surface area contributed by atoms with Crippen LogP contribution in [0.4, 0.5) is 8.78 Å². The van der Waals surface area contributed by atoms with E-state index in [-0.39, 0.29) is 29.2 Å². The van der Waals surface area contributed by atoms with Crippen LogP contribution in [0.15, 0.2) is 6.07 Å². The fourth-order valence-electron chi connectivity index (χ4n) is 1.23. The smallest absolute Gasteiger partial charge is 0.307 e. The molecular formula is C9H9ClF2N2O2. The van der Waals surface area contributed by atoms with Gasteiger partial charge >= 0.3 is 5.97 Å². The van der Waals surface area contributed by atoms with E-state index in [2.05, 4.69) is 4.98 Å². The predicted molar refractivity (Wildman–Crippen MR) is 53.4 cm³/mol. The first-order valence-corrected chi connectivity index (χ1v) is 4.71. The van der Waals surface area contributed by atoms with Gasteiger partial charge in [-0.2, -0.15) is 0 Å². The van der Waals surface area contributed by atoms with Crippen molar-refractivity contribution in [1.29, 1.82) is 0 Å². The maximum absolute atomic E-state index is 12.4. The fraction of sp³-hybridized carbons (Fsp3) is 0.333. The van der Waals surface area contributed by atoms with Crippen molar-refractivity contribution < 1.29 is 18.7 Å². The molecule has 1 heterocycles. The number of hydrogen-bond donors (Lipinski definition) is 2. The van der Waals surface area contributed by atoms with Crippen molar-refractivity contribution >= 4 is 17.6 Å². The number of nitrogens with two attached hydrogens (primary N) is 1. The number of carbonyl (C=O) groups is 1. The number of nitrogens with zero attached hydrogens (tertiary/aromatic N) is 1. The third-order valence-electron chi connectivity index (χ3n) is 1.91. The average Bonchev–Trinajstić information content (AvgIpc) is 2.16. The molecule has 1 aromatic heterocycles. The van der Waals surface area contributed by atoms with Crippen LogP contribution in [0, 0.1) is 0 Å². The van der Waals surface area contributed by atoms with E-state index in [0.29, 0.717) is 0 Å². The zero-order valence-electron chi connectivity index (χ0n) is 8.08. The lowest BCUT2D eigenvalue weighted by atomic mass is 10.1. The van der Waals surface area contributed by atoms with Crippen molar-refractivity contribution in [1.82, 2.24) is 4.98 Å². The quantitative estimate of drug-likeness (QED) is 0.854. The summed E-state index contributed by atoms with van der Waals surface area (Å²) in [6, 6.07) is 1.17. The van der Waals surface area contributed by atoms with Gasteiger partial charge < -0.3 is 10.8 Å². The molecule has 0 saturated heterocycles. The monoisotopic (exact) mass is 250 g/mol. The van der Waals surface area contributed by atoms with Gasteiger partial charge in [-0.3, -0.25) is 4.79 Å². The number of carboxylic acid groups (broad SMARTS) is 1. The highest BCUT2D eigenvalue weighted by molar-refractivity contribution is 6.31. The van der Waals surface area contributed by atoms with Gasteiger partial charge in [0.25, 0.3) is 6.43 Å². The Morgan fingerprint density at radius 2 is 2.25 bits per heavy atom. The first kappa shape index (κ1) is 12.8. The molecule has 0 spiro atoms. The van der Waals surface area contributed by atoms with Crippen LogP contribution in [0.3, 0.4) is 0 Å². The molecule has 1 aromatic rings. The lowest BCUT2D eigenvalue weighted by Crippen LogP contribution is -2.11. The fourth-order valence-corrected chi connectivity index (χ4v) is 1.48. The Kier molecular flexibility index (Phi) is 4.14. The van der Waals surface area contributed by atoms with Gasteiger partial charge in [-0.25, -0.2) is 13.8 Å². The molecule has 0 aliphatic heterocycles. The molecule has 0 bridgehead atoms. The van der Waals surface area contributed by atoms with Gasteiger partial charge in [0, 0.05) is 6.54 Å². The summed E-state index contributed by atoms with van der Waals surface area (Å²) in [6.07, 6.45) is -3.15. The van der Waals surface area contributed by atoms with Crippen LogP contribution < -0.4 is 5.73 Å². The van der Waals surface area contributed by atoms with Crippen LogP contribution in [0.1, 0.15) is 23.4 Å². The van der Waals surface area contributed by atoms with Crippen molar-refractivity contribution in [3.8, 4) is 0 Å². The van der Waals surface area contributed by atoms with Gasteiger partial charge in [0.15, 0.2) is 0 Å². The Balaban J connectivity index is 3.20. The average molecular weight is 251 g/mol. The molecule has 1 rings (SSSR count). The van der Waals surface area contributed by atoms with Crippen LogP contribution in [0.5, 0.6) is 0 Å². The standard InChI is InChI=1S/C9H9ClF2N2O2/c10-5-1-4(2-7(15)16)6(3-13)14-8(5)9(11)12/h1,9H,2-3,13H2,(H,15,16). The van der Waals surface area contributed by atoms with E-state index in [0.717, 1.165) is 0 Å². The Morgan fingerprint density at radius 1 is 1.62 bits per heavy atom. The van der Waals surface area contributed by atoms with Gasteiger partial charge in [-0.1, -0.05) is 11.6 Å². The zero-order chi connectivity index (χ0) is 12.3. The molecule has 0 aliphatic carbocycles. The Hall–Kier alpha value is -1.27. The lowest BCUT2D eigenvalue weighted by Gasteiger charge is -2.09. The number of pyridine rings is 1. The Labute approximate surface area is 95.0 Å². The summed E-state index contributed by atoms with van der Waals surface area (Å²) >= 11 is 5.56. The summed E-state index contributed by atoms with van der Waals surface area (Å²) in [4.78, 5) is 14.1. The van der Waals surface area contributed by atoms with E-state index in [1.807, 2.05) is 0 Å². The third kappa shape index (κ3) is 2.86. The summed E-state index contributed by atoms with van der Waals surface area (Å²) < 4.78 is 24.9. The number of carboxylic acids is 1. The minimum absolute atomic E-state index is 0.112. The van der Waals surface area contributed by atoms with Gasteiger partial charge in [-0.15, -0.1) is 0 Å². The molecule has 88 valence electrons. The largest absolute Gasteiger partial charge is 0.481 e. The highest BCUT2D eigenvalue weighted by atomic mass is 35.5. The van der Waals surface area contributed by atoms with Crippen LogP contribution in [0.2, 0.25) is 5.02 Å². The molecule has 0 aliphatic rings. The third-order valence-corrected chi connectivity index (χ3v) is 2.22. The summed E-state index contributed by atoms with van der Waals surface area (Å²) in [6.45, 7) is -0.112. The highest BCUT2D eigenvalue weighted by Crippen LogP contribution is 2.27. The minimum Gasteiger partial charge on any atom is -0.481 e. The normalized spacial score (nSPS) is 10.8. The van der Waals surface area contributed by atoms with Gasteiger partial charge in [0.05, 0.1) is 17.1 Å². The van der Waals surface area contributed by atoms with Crippen LogP contribution in [-0.4, -0.2) is 16.1 Å². The first-order chi connectivity index (χ1) is 7.45. The molecule has 7 heteroatoms. The van der Waals surface area contributed by atoms with Gasteiger partial charge in [0.1, 0.15) is 5.69 Å². The van der Waals surface area contributed by atoms with Crippen LogP contribution >= 0.6 is 11.6 Å². The van der Waals surface area contributed by atoms with E-state index in [4.69, 9.17) is 22.4 Å². The topological polar surface area (TPSA) is 76.2 Å². The lowest BCUT2D eigenvalue weighted by molar-refractivity contribution is -0.136. The van der Waals surface area contributed by atoms with Crippen LogP contribution in [0.25, 0.3) is 0 Å². The number of hydrogen-bond acceptors (Lipinski definition) is 3. The van der Waals surface area contributed by atoms with E-state index in [9.17, 15) is 13.6 Å². The van der Waals surface area contributed by atoms with Crippen LogP contribution in [-0.2, 0) is 17.8 Å². The maximum Gasteiger partial charge on any atom is 0.307 e. The molecule has 4 nitrogen and oxygen atoms in total. The number of rotatable bonds is 4. The molecule has 3 N–H and O–H groups in total. The maximum atomic E-state index is 12.4.